The fourth-order valence-electron chi connectivity index (χ4n) is 7.53. The van der Waals surface area contributed by atoms with E-state index in [9.17, 15) is 32.7 Å². The number of hydrogen-bond acceptors (Lipinski definition) is 14. The molecule has 17 heteroatoms. The molecule has 4 amide bonds. The lowest BCUT2D eigenvalue weighted by Gasteiger charge is -2.27. The van der Waals surface area contributed by atoms with E-state index in [2.05, 4.69) is 22.5 Å². The van der Waals surface area contributed by atoms with E-state index in [1.807, 2.05) is 36.4 Å². The van der Waals surface area contributed by atoms with Crippen molar-refractivity contribution in [2.45, 2.75) is 30.7 Å². The molecule has 2 aliphatic rings. The number of fused-ring (bicyclic) bond motifs is 2. The van der Waals surface area contributed by atoms with Gasteiger partial charge in [-0.25, -0.2) is 8.42 Å². The number of nitrogens with zero attached hydrogens (tertiary/aromatic N) is 2. The van der Waals surface area contributed by atoms with Crippen LogP contribution in [0.3, 0.4) is 0 Å². The van der Waals surface area contributed by atoms with Crippen LogP contribution in [-0.4, -0.2) is 132 Å². The molecule has 7 rings (SSSR count). The highest BCUT2D eigenvalue weighted by molar-refractivity contribution is 7.90. The van der Waals surface area contributed by atoms with Gasteiger partial charge in [-0.2, -0.15) is 0 Å². The van der Waals surface area contributed by atoms with E-state index < -0.39 is 39.5 Å². The van der Waals surface area contributed by atoms with Crippen LogP contribution in [0.2, 0.25) is 0 Å². The van der Waals surface area contributed by atoms with E-state index in [1.165, 1.54) is 6.26 Å². The Morgan fingerprint density at radius 3 is 2.11 bits per heavy atom. The van der Waals surface area contributed by atoms with Gasteiger partial charge in [-0.1, -0.05) is 25.1 Å². The Bertz CT molecular complexity index is 2620. The van der Waals surface area contributed by atoms with Gasteiger partial charge in [0, 0.05) is 48.9 Å². The summed E-state index contributed by atoms with van der Waals surface area (Å²) in [6.45, 7) is 7.89. The Morgan fingerprint density at radius 2 is 1.40 bits per heavy atom. The van der Waals surface area contributed by atoms with Crippen LogP contribution >= 0.6 is 0 Å². The molecule has 16 nitrogen and oxygen atoms in total. The minimum absolute atomic E-state index is 0.0645. The summed E-state index contributed by atoms with van der Waals surface area (Å²) in [6.07, 6.45) is 1.34. The summed E-state index contributed by atoms with van der Waals surface area (Å²) in [6, 6.07) is 26.7. The molecule has 0 aliphatic carbocycles. The van der Waals surface area contributed by atoms with Crippen LogP contribution in [0.15, 0.2) is 102 Å². The number of amides is 4. The molecule has 5 aromatic carbocycles. The van der Waals surface area contributed by atoms with Crippen molar-refractivity contribution in [1.82, 2.24) is 15.1 Å². The van der Waals surface area contributed by atoms with Gasteiger partial charge < -0.3 is 34.1 Å². The number of carbonyl (C=O) groups excluding carboxylic acids is 4. The number of nitrogens with one attached hydrogen (secondary N) is 2. The SMILES string of the molecule is CCN(CCOCCOCCOCCNc1ccc2c(c1)C(=O)N(C1CCC(=O)NC1=O)C2=O)CCOc1ccc(Oc2c(-c3ccc(S(C)(=O)=O)cc3)ccc3cc(O)ccc23)cc1. The molecule has 1 fully saturated rings. The average Bonchev–Trinajstić information content (AvgIpc) is 3.53. The Labute approximate surface area is 377 Å². The van der Waals surface area contributed by atoms with Crippen LogP contribution in [0.4, 0.5) is 5.69 Å². The van der Waals surface area contributed by atoms with Crippen molar-refractivity contribution >= 4 is 49.9 Å². The average molecular weight is 909 g/mol. The lowest BCUT2D eigenvalue weighted by Crippen LogP contribution is -2.54. The molecule has 1 atom stereocenters. The first-order valence-corrected chi connectivity index (χ1v) is 23.3. The van der Waals surface area contributed by atoms with Crippen LogP contribution < -0.4 is 20.1 Å². The zero-order valence-electron chi connectivity index (χ0n) is 36.2. The molecule has 2 heterocycles. The Balaban J connectivity index is 0.757. The first-order chi connectivity index (χ1) is 31.4. The monoisotopic (exact) mass is 908 g/mol. The lowest BCUT2D eigenvalue weighted by atomic mass is 9.99. The highest BCUT2D eigenvalue weighted by Crippen LogP contribution is 2.41. The molecule has 1 saturated heterocycles. The number of aromatic hydroxyl groups is 1. The van der Waals surface area contributed by atoms with Gasteiger partial charge >= 0.3 is 0 Å². The maximum Gasteiger partial charge on any atom is 0.262 e. The van der Waals surface area contributed by atoms with Crippen molar-refractivity contribution in [3.05, 3.63) is 108 Å². The number of imide groups is 2. The third-order valence-electron chi connectivity index (χ3n) is 11.0. The molecule has 5 aromatic rings. The van der Waals surface area contributed by atoms with Gasteiger partial charge in [-0.15, -0.1) is 0 Å². The predicted octanol–water partition coefficient (Wildman–Crippen LogP) is 5.67. The van der Waals surface area contributed by atoms with Crippen LogP contribution in [-0.2, 0) is 33.6 Å². The number of benzene rings is 5. The first-order valence-electron chi connectivity index (χ1n) is 21.4. The topological polar surface area (TPSA) is 199 Å². The summed E-state index contributed by atoms with van der Waals surface area (Å²) in [5.41, 5.74) is 2.63. The number of phenols is 1. The number of carbonyl (C=O) groups is 4. The third-order valence-corrected chi connectivity index (χ3v) is 12.2. The molecule has 0 aromatic heterocycles. The lowest BCUT2D eigenvalue weighted by molar-refractivity contribution is -0.136. The quantitative estimate of drug-likeness (QED) is 0.0535. The molecule has 0 bridgehead atoms. The molecule has 342 valence electrons. The van der Waals surface area contributed by atoms with E-state index in [0.29, 0.717) is 82.3 Å². The van der Waals surface area contributed by atoms with Gasteiger partial charge in [-0.05, 0) is 103 Å². The van der Waals surface area contributed by atoms with Gasteiger partial charge in [0.15, 0.2) is 9.84 Å². The zero-order chi connectivity index (χ0) is 45.9. The third kappa shape index (κ3) is 11.9. The second-order valence-electron chi connectivity index (χ2n) is 15.5. The number of likely N-dealkylation sites (N-methyl/N-ethyl adjacent to an activating group) is 1. The fourth-order valence-corrected chi connectivity index (χ4v) is 8.16. The van der Waals surface area contributed by atoms with Gasteiger partial charge in [-0.3, -0.25) is 34.3 Å². The standard InChI is InChI=1S/C48H52N4O12S/c1-3-51(21-24-61-27-29-62-28-26-60-23-20-49-34-7-16-41-42(31-34)48(57)52(47(41)56)43-18-19-44(54)50-46(43)55)22-25-63-36-9-11-37(12-10-36)64-45-39(15-6-33-30-35(53)8-17-40(33)45)32-4-13-38(14-5-32)65(2,58)59/h4-17,30-31,43,49,53H,3,18-29H2,1-2H3,(H,50,54,55). The van der Waals surface area contributed by atoms with Crippen molar-refractivity contribution in [2.24, 2.45) is 0 Å². The molecule has 0 saturated carbocycles. The van der Waals surface area contributed by atoms with Crippen molar-refractivity contribution < 1.29 is 56.4 Å². The summed E-state index contributed by atoms with van der Waals surface area (Å²) in [4.78, 5) is 53.2. The van der Waals surface area contributed by atoms with Crippen molar-refractivity contribution in [3.63, 3.8) is 0 Å². The van der Waals surface area contributed by atoms with E-state index in [1.54, 1.807) is 60.7 Å². The zero-order valence-corrected chi connectivity index (χ0v) is 37.1. The van der Waals surface area contributed by atoms with Crippen LogP contribution in [0.25, 0.3) is 21.9 Å². The van der Waals surface area contributed by atoms with Crippen LogP contribution in [0.1, 0.15) is 40.5 Å². The predicted molar refractivity (Wildman–Crippen MR) is 242 cm³/mol. The maximum absolute atomic E-state index is 13.0. The van der Waals surface area contributed by atoms with Crippen molar-refractivity contribution in [2.75, 3.05) is 84.0 Å². The number of hydrogen-bond donors (Lipinski definition) is 3. The van der Waals surface area contributed by atoms with Crippen molar-refractivity contribution in [1.29, 1.82) is 0 Å². The molecule has 2 aliphatic heterocycles. The molecule has 65 heavy (non-hydrogen) atoms. The number of ether oxygens (including phenoxy) is 5. The minimum Gasteiger partial charge on any atom is -0.508 e. The summed E-state index contributed by atoms with van der Waals surface area (Å²) in [5.74, 6) is -0.171. The second-order valence-corrected chi connectivity index (χ2v) is 17.5. The van der Waals surface area contributed by atoms with Gasteiger partial charge in [0.05, 0.1) is 55.7 Å². The summed E-state index contributed by atoms with van der Waals surface area (Å²) in [5, 5.41) is 17.1. The highest BCUT2D eigenvalue weighted by atomic mass is 32.2. The normalized spacial score (nSPS) is 15.1. The second kappa shape index (κ2) is 21.5. The maximum atomic E-state index is 13.0. The van der Waals surface area contributed by atoms with Gasteiger partial charge in [0.1, 0.15) is 35.6 Å². The molecule has 1 unspecified atom stereocenters. The van der Waals surface area contributed by atoms with Gasteiger partial charge in [0.25, 0.3) is 11.8 Å². The minimum atomic E-state index is -3.35. The number of anilines is 1. The fraction of sp³-hybridized carbons (Fsp3) is 0.333. The number of phenolic OH excluding ortho intramolecular Hbond substituents is 1. The Kier molecular flexibility index (Phi) is 15.4. The number of piperidine rings is 1. The van der Waals surface area contributed by atoms with Crippen molar-refractivity contribution in [3.8, 4) is 34.1 Å². The van der Waals surface area contributed by atoms with Crippen LogP contribution in [0, 0.1) is 0 Å². The largest absolute Gasteiger partial charge is 0.508 e. The molecule has 0 radical (unpaired) electrons. The van der Waals surface area contributed by atoms with E-state index >= 15 is 0 Å². The summed E-state index contributed by atoms with van der Waals surface area (Å²) >= 11 is 0. The molecule has 3 N–H and O–H groups in total. The molecular formula is C48H52N4O12S. The van der Waals surface area contributed by atoms with Gasteiger partial charge in [0.2, 0.25) is 11.8 Å². The van der Waals surface area contributed by atoms with Crippen LogP contribution in [0.5, 0.6) is 23.0 Å². The first kappa shape index (κ1) is 46.6. The van der Waals surface area contributed by atoms with E-state index in [0.717, 1.165) is 39.9 Å². The molecular weight excluding hydrogens is 857 g/mol. The van der Waals surface area contributed by atoms with E-state index in [-0.39, 0.29) is 34.6 Å². The summed E-state index contributed by atoms with van der Waals surface area (Å²) < 4.78 is 53.7. The number of rotatable bonds is 23. The number of sulfone groups is 1. The Morgan fingerprint density at radius 1 is 0.738 bits per heavy atom. The van der Waals surface area contributed by atoms with E-state index in [4.69, 9.17) is 23.7 Å². The smallest absolute Gasteiger partial charge is 0.262 e. The Hall–Kier alpha value is -6.37. The highest BCUT2D eigenvalue weighted by Gasteiger charge is 2.44. The summed E-state index contributed by atoms with van der Waals surface area (Å²) in [7, 11) is -3.35. The molecule has 0 spiro atoms.